The first-order valence-corrected chi connectivity index (χ1v) is 5.92. The number of carbonyl (C=O) groups is 1. The topological polar surface area (TPSA) is 81.0 Å². The molecule has 0 atom stereocenters. The molecule has 2 aromatic rings. The summed E-state index contributed by atoms with van der Waals surface area (Å²) in [5.74, 6) is -2.86. The number of nitrogen functional groups attached to an aromatic ring is 1. The summed E-state index contributed by atoms with van der Waals surface area (Å²) in [6.07, 6.45) is 1.18. The number of hydrogen-bond acceptors (Lipinski definition) is 4. The molecule has 0 amide bonds. The van der Waals surface area contributed by atoms with Crippen molar-refractivity contribution in [2.75, 3.05) is 12.8 Å². The Hall–Kier alpha value is -2.59. The minimum atomic E-state index is -1.01. The van der Waals surface area contributed by atoms with Gasteiger partial charge in [-0.1, -0.05) is 11.6 Å². The highest BCUT2D eigenvalue weighted by atomic mass is 35.5. The third kappa shape index (κ3) is 2.41. The number of ether oxygens (including phenoxy) is 1. The van der Waals surface area contributed by atoms with E-state index in [0.29, 0.717) is 0 Å². The number of halogens is 3. The van der Waals surface area contributed by atoms with E-state index in [1.807, 2.05) is 0 Å². The number of nitrogens with zero attached hydrogens (tertiary/aromatic N) is 2. The van der Waals surface area contributed by atoms with Crippen molar-refractivity contribution in [3.63, 3.8) is 0 Å². The molecule has 0 saturated heterocycles. The first-order valence-electron chi connectivity index (χ1n) is 5.54. The van der Waals surface area contributed by atoms with E-state index in [0.717, 1.165) is 23.8 Å². The fourth-order valence-electron chi connectivity index (χ4n) is 1.80. The molecule has 0 radical (unpaired) electrons. The van der Waals surface area contributed by atoms with Gasteiger partial charge in [-0.15, -0.1) is 0 Å². The summed E-state index contributed by atoms with van der Waals surface area (Å²) >= 11 is 5.40. The number of benzene rings is 1. The summed E-state index contributed by atoms with van der Waals surface area (Å²) in [4.78, 5) is 11.7. The van der Waals surface area contributed by atoms with Gasteiger partial charge < -0.3 is 15.0 Å². The van der Waals surface area contributed by atoms with Gasteiger partial charge in [0.15, 0.2) is 5.69 Å². The highest BCUT2D eigenvalue weighted by Gasteiger charge is 2.22. The Morgan fingerprint density at radius 3 is 2.48 bits per heavy atom. The second-order valence-electron chi connectivity index (χ2n) is 4.00. The number of nitriles is 1. The maximum Gasteiger partial charge on any atom is 0.357 e. The SMILES string of the molecule is COC(=O)c1c(N)c(C#N)cn1-c1cc(F)c(Cl)c(F)c1. The van der Waals surface area contributed by atoms with Crippen LogP contribution in [0.1, 0.15) is 16.1 Å². The molecular weight excluding hydrogens is 304 g/mol. The third-order valence-corrected chi connectivity index (χ3v) is 3.15. The van der Waals surface area contributed by atoms with E-state index in [1.54, 1.807) is 6.07 Å². The van der Waals surface area contributed by atoms with Crippen molar-refractivity contribution in [2.24, 2.45) is 0 Å². The van der Waals surface area contributed by atoms with Crippen molar-refractivity contribution in [3.05, 3.63) is 46.2 Å². The average Bonchev–Trinajstić information content (AvgIpc) is 2.80. The molecule has 0 fully saturated rings. The first kappa shape index (κ1) is 14.8. The second-order valence-corrected chi connectivity index (χ2v) is 4.38. The van der Waals surface area contributed by atoms with Crippen molar-refractivity contribution in [3.8, 4) is 11.8 Å². The van der Waals surface area contributed by atoms with Crippen molar-refractivity contribution in [1.82, 2.24) is 4.57 Å². The average molecular weight is 312 g/mol. The lowest BCUT2D eigenvalue weighted by atomic mass is 10.2. The van der Waals surface area contributed by atoms with E-state index in [-0.39, 0.29) is 22.6 Å². The number of methoxy groups -OCH3 is 1. The van der Waals surface area contributed by atoms with Gasteiger partial charge in [-0.25, -0.2) is 13.6 Å². The summed E-state index contributed by atoms with van der Waals surface area (Å²) in [5.41, 5.74) is 5.26. The Morgan fingerprint density at radius 2 is 2.00 bits per heavy atom. The normalized spacial score (nSPS) is 10.2. The molecule has 2 rings (SSSR count). The van der Waals surface area contributed by atoms with Crippen LogP contribution in [0.4, 0.5) is 14.5 Å². The van der Waals surface area contributed by atoms with E-state index >= 15 is 0 Å². The van der Waals surface area contributed by atoms with Crippen LogP contribution >= 0.6 is 11.6 Å². The maximum absolute atomic E-state index is 13.5. The highest BCUT2D eigenvalue weighted by molar-refractivity contribution is 6.30. The lowest BCUT2D eigenvalue weighted by molar-refractivity contribution is 0.0593. The zero-order valence-corrected chi connectivity index (χ0v) is 11.4. The summed E-state index contributed by atoms with van der Waals surface area (Å²) in [6, 6.07) is 3.61. The van der Waals surface area contributed by atoms with Crippen LogP contribution in [0.15, 0.2) is 18.3 Å². The van der Waals surface area contributed by atoms with E-state index in [2.05, 4.69) is 4.74 Å². The zero-order valence-electron chi connectivity index (χ0n) is 10.7. The largest absolute Gasteiger partial charge is 0.464 e. The van der Waals surface area contributed by atoms with E-state index in [4.69, 9.17) is 22.6 Å². The Balaban J connectivity index is 2.75. The van der Waals surface area contributed by atoms with Crippen molar-refractivity contribution < 1.29 is 18.3 Å². The molecular formula is C13H8ClF2N3O2. The predicted octanol–water partition coefficient (Wildman–Crippen LogP) is 2.65. The Morgan fingerprint density at radius 1 is 1.43 bits per heavy atom. The van der Waals surface area contributed by atoms with Crippen molar-refractivity contribution in [2.45, 2.75) is 0 Å². The van der Waals surface area contributed by atoms with Gasteiger partial charge >= 0.3 is 5.97 Å². The van der Waals surface area contributed by atoms with E-state index in [9.17, 15) is 13.6 Å². The number of hydrogen-bond donors (Lipinski definition) is 1. The molecule has 1 aromatic carbocycles. The van der Waals surface area contributed by atoms with Gasteiger partial charge in [-0.2, -0.15) is 5.26 Å². The fourth-order valence-corrected chi connectivity index (χ4v) is 1.91. The molecule has 5 nitrogen and oxygen atoms in total. The van der Waals surface area contributed by atoms with Gasteiger partial charge in [-0.3, -0.25) is 0 Å². The summed E-state index contributed by atoms with van der Waals surface area (Å²) in [5, 5.41) is 8.28. The fraction of sp³-hybridized carbons (Fsp3) is 0.0769. The van der Waals surface area contributed by atoms with Crippen LogP contribution in [0.2, 0.25) is 5.02 Å². The van der Waals surface area contributed by atoms with Crippen LogP contribution in [0.5, 0.6) is 0 Å². The third-order valence-electron chi connectivity index (χ3n) is 2.79. The summed E-state index contributed by atoms with van der Waals surface area (Å²) in [6.45, 7) is 0. The molecule has 0 unspecified atom stereocenters. The van der Waals surface area contributed by atoms with Crippen LogP contribution in [-0.4, -0.2) is 17.6 Å². The molecule has 0 aliphatic rings. The molecule has 0 aliphatic carbocycles. The molecule has 8 heteroatoms. The number of esters is 1. The molecule has 1 aromatic heterocycles. The van der Waals surface area contributed by atoms with E-state index < -0.39 is 22.6 Å². The quantitative estimate of drug-likeness (QED) is 0.683. The summed E-state index contributed by atoms with van der Waals surface area (Å²) in [7, 11) is 1.12. The number of aromatic nitrogens is 1. The second kappa shape index (κ2) is 5.42. The van der Waals surface area contributed by atoms with Gasteiger partial charge in [0.05, 0.1) is 24.0 Å². The number of rotatable bonds is 2. The van der Waals surface area contributed by atoms with Crippen LogP contribution in [-0.2, 0) is 4.74 Å². The summed E-state index contributed by atoms with van der Waals surface area (Å²) < 4.78 is 32.7. The van der Waals surface area contributed by atoms with Crippen LogP contribution < -0.4 is 5.73 Å². The highest BCUT2D eigenvalue weighted by Crippen LogP contribution is 2.28. The lowest BCUT2D eigenvalue weighted by Crippen LogP contribution is -2.11. The molecule has 0 bridgehead atoms. The maximum atomic E-state index is 13.5. The van der Waals surface area contributed by atoms with Gasteiger partial charge in [0.2, 0.25) is 0 Å². The van der Waals surface area contributed by atoms with Gasteiger partial charge in [0.25, 0.3) is 0 Å². The predicted molar refractivity (Wildman–Crippen MR) is 71.2 cm³/mol. The molecule has 21 heavy (non-hydrogen) atoms. The monoisotopic (exact) mass is 311 g/mol. The van der Waals surface area contributed by atoms with E-state index in [1.165, 1.54) is 6.20 Å². The van der Waals surface area contributed by atoms with Crippen LogP contribution in [0.3, 0.4) is 0 Å². The Labute approximate surface area is 123 Å². The molecule has 0 spiro atoms. The van der Waals surface area contributed by atoms with Crippen molar-refractivity contribution >= 4 is 23.3 Å². The van der Waals surface area contributed by atoms with Gasteiger partial charge in [-0.05, 0) is 12.1 Å². The van der Waals surface area contributed by atoms with Crippen molar-refractivity contribution in [1.29, 1.82) is 5.26 Å². The standard InChI is InChI=1S/C13H8ClF2N3O2/c1-21-13(20)12-11(18)6(4-17)5-19(12)7-2-8(15)10(14)9(16)3-7/h2-3,5H,18H2,1H3. The van der Waals surface area contributed by atoms with Gasteiger partial charge in [0.1, 0.15) is 22.7 Å². The molecule has 2 N–H and O–H groups in total. The van der Waals surface area contributed by atoms with Crippen LogP contribution in [0.25, 0.3) is 5.69 Å². The first-order chi connectivity index (χ1) is 9.90. The molecule has 1 heterocycles. The minimum Gasteiger partial charge on any atom is -0.464 e. The van der Waals surface area contributed by atoms with Crippen LogP contribution in [0, 0.1) is 23.0 Å². The Bertz CT molecular complexity index is 757. The number of anilines is 1. The zero-order chi connectivity index (χ0) is 15.7. The van der Waals surface area contributed by atoms with Gasteiger partial charge in [0, 0.05) is 6.20 Å². The number of nitrogens with two attached hydrogens (primary N) is 1. The molecule has 108 valence electrons. The number of carbonyl (C=O) groups excluding carboxylic acids is 1. The molecule has 0 aliphatic heterocycles. The smallest absolute Gasteiger partial charge is 0.357 e. The minimum absolute atomic E-state index is 0.0221. The lowest BCUT2D eigenvalue weighted by Gasteiger charge is -2.09. The Kier molecular flexibility index (Phi) is 3.82. The molecule has 0 saturated carbocycles.